The van der Waals surface area contributed by atoms with Crippen LogP contribution in [0.5, 0.6) is 5.75 Å². The van der Waals surface area contributed by atoms with Crippen molar-refractivity contribution >= 4 is 23.5 Å². The number of anilines is 1. The Labute approximate surface area is 168 Å². The third kappa shape index (κ3) is 3.67. The molecule has 4 rings (SSSR count). The van der Waals surface area contributed by atoms with Crippen molar-refractivity contribution in [3.05, 3.63) is 101 Å². The Bertz CT molecular complexity index is 1130. The van der Waals surface area contributed by atoms with Crippen LogP contribution in [0, 0.1) is 12.7 Å². The number of hydrogen-bond donors (Lipinski definition) is 0. The lowest BCUT2D eigenvalue weighted by molar-refractivity contribution is -0.113. The monoisotopic (exact) mass is 386 g/mol. The average molecular weight is 386 g/mol. The van der Waals surface area contributed by atoms with Crippen LogP contribution in [0.3, 0.4) is 0 Å². The number of methoxy groups -OCH3 is 1. The van der Waals surface area contributed by atoms with Crippen molar-refractivity contribution in [2.24, 2.45) is 4.99 Å². The largest absolute Gasteiger partial charge is 0.497 e. The molecule has 29 heavy (non-hydrogen) atoms. The van der Waals surface area contributed by atoms with Crippen LogP contribution in [0.4, 0.5) is 10.1 Å². The summed E-state index contributed by atoms with van der Waals surface area (Å²) in [5.41, 5.74) is 2.98. The third-order valence-electron chi connectivity index (χ3n) is 4.66. The maximum Gasteiger partial charge on any atom is 0.282 e. The highest BCUT2D eigenvalue weighted by molar-refractivity contribution is 6.33. The van der Waals surface area contributed by atoms with Gasteiger partial charge in [-0.3, -0.25) is 9.69 Å². The molecule has 0 spiro atoms. The van der Waals surface area contributed by atoms with E-state index < -0.39 is 5.82 Å². The summed E-state index contributed by atoms with van der Waals surface area (Å²) in [4.78, 5) is 19.2. The average Bonchev–Trinajstić information content (AvgIpc) is 3.05. The normalized spacial score (nSPS) is 15.0. The van der Waals surface area contributed by atoms with Crippen LogP contribution in [0.2, 0.25) is 0 Å². The first kappa shape index (κ1) is 18.6. The summed E-state index contributed by atoms with van der Waals surface area (Å²) in [7, 11) is 1.58. The van der Waals surface area contributed by atoms with E-state index in [9.17, 15) is 9.18 Å². The topological polar surface area (TPSA) is 41.9 Å². The predicted octanol–water partition coefficient (Wildman–Crippen LogP) is 4.98. The van der Waals surface area contributed by atoms with Crippen LogP contribution < -0.4 is 9.64 Å². The molecule has 4 nitrogen and oxygen atoms in total. The van der Waals surface area contributed by atoms with Crippen LogP contribution in [0.15, 0.2) is 83.5 Å². The highest BCUT2D eigenvalue weighted by Crippen LogP contribution is 2.29. The number of nitrogens with zero attached hydrogens (tertiary/aromatic N) is 2. The van der Waals surface area contributed by atoms with E-state index in [1.807, 2.05) is 55.5 Å². The lowest BCUT2D eigenvalue weighted by Crippen LogP contribution is -2.33. The fourth-order valence-electron chi connectivity index (χ4n) is 3.16. The molecule has 0 fully saturated rings. The molecule has 0 unspecified atom stereocenters. The van der Waals surface area contributed by atoms with Gasteiger partial charge in [0.15, 0.2) is 5.84 Å². The molecule has 0 radical (unpaired) electrons. The smallest absolute Gasteiger partial charge is 0.282 e. The van der Waals surface area contributed by atoms with Crippen molar-refractivity contribution in [2.75, 3.05) is 12.0 Å². The molecule has 1 aliphatic heterocycles. The van der Waals surface area contributed by atoms with E-state index in [1.165, 1.54) is 11.0 Å². The van der Waals surface area contributed by atoms with E-state index in [2.05, 4.69) is 4.99 Å². The maximum absolute atomic E-state index is 14.5. The Kier molecular flexibility index (Phi) is 4.96. The molecule has 0 atom stereocenters. The lowest BCUT2D eigenvalue weighted by atomic mass is 10.1. The first-order valence-corrected chi connectivity index (χ1v) is 9.17. The van der Waals surface area contributed by atoms with Gasteiger partial charge in [-0.2, -0.15) is 0 Å². The van der Waals surface area contributed by atoms with Gasteiger partial charge in [-0.15, -0.1) is 0 Å². The van der Waals surface area contributed by atoms with Gasteiger partial charge in [0.05, 0.1) is 18.4 Å². The summed E-state index contributed by atoms with van der Waals surface area (Å²) < 4.78 is 19.8. The molecule has 144 valence electrons. The summed E-state index contributed by atoms with van der Waals surface area (Å²) in [6.07, 6.45) is 1.68. The van der Waals surface area contributed by atoms with Gasteiger partial charge >= 0.3 is 0 Å². The van der Waals surface area contributed by atoms with Crippen LogP contribution in [0.25, 0.3) is 6.08 Å². The van der Waals surface area contributed by atoms with Crippen molar-refractivity contribution in [3.63, 3.8) is 0 Å². The number of benzene rings is 3. The number of carbonyl (C=O) groups is 1. The van der Waals surface area contributed by atoms with Gasteiger partial charge in [0.1, 0.15) is 17.3 Å². The van der Waals surface area contributed by atoms with E-state index in [-0.39, 0.29) is 23.0 Å². The fourth-order valence-corrected chi connectivity index (χ4v) is 3.16. The number of aliphatic imine (C=N–C) groups is 1. The Hall–Kier alpha value is -3.73. The Morgan fingerprint density at radius 2 is 1.76 bits per heavy atom. The Morgan fingerprint density at radius 3 is 2.48 bits per heavy atom. The van der Waals surface area contributed by atoms with Gasteiger partial charge in [-0.1, -0.05) is 42.0 Å². The second kappa shape index (κ2) is 7.72. The molecule has 3 aromatic rings. The third-order valence-corrected chi connectivity index (χ3v) is 4.66. The number of halogens is 1. The van der Waals surface area contributed by atoms with Gasteiger partial charge in [0, 0.05) is 0 Å². The number of hydrogen-bond acceptors (Lipinski definition) is 3. The number of amidine groups is 1. The second-order valence-corrected chi connectivity index (χ2v) is 6.70. The van der Waals surface area contributed by atoms with Gasteiger partial charge in [-0.25, -0.2) is 9.38 Å². The minimum absolute atomic E-state index is 0.233. The van der Waals surface area contributed by atoms with Crippen molar-refractivity contribution in [2.45, 2.75) is 6.92 Å². The molecular formula is C24H19FN2O2. The van der Waals surface area contributed by atoms with Gasteiger partial charge in [0.2, 0.25) is 0 Å². The van der Waals surface area contributed by atoms with E-state index >= 15 is 0 Å². The van der Waals surface area contributed by atoms with E-state index in [0.717, 1.165) is 11.1 Å². The zero-order chi connectivity index (χ0) is 20.4. The zero-order valence-electron chi connectivity index (χ0n) is 16.1. The van der Waals surface area contributed by atoms with E-state index in [4.69, 9.17) is 4.74 Å². The van der Waals surface area contributed by atoms with Crippen LogP contribution in [0.1, 0.15) is 16.7 Å². The van der Waals surface area contributed by atoms with Gasteiger partial charge < -0.3 is 4.74 Å². The number of amides is 1. The standard InChI is InChI=1S/C24H19FN2O2/c1-16-10-12-18(13-11-16)27-23(20-8-3-4-9-21(20)25)26-22(24(27)28)15-17-6-5-7-19(14-17)29-2/h3-15H,1-2H3/b22-15+. The lowest BCUT2D eigenvalue weighted by Gasteiger charge is -2.19. The Morgan fingerprint density at radius 1 is 1.00 bits per heavy atom. The molecule has 0 N–H and O–H groups in total. The molecular weight excluding hydrogens is 367 g/mol. The molecule has 0 aliphatic carbocycles. The minimum Gasteiger partial charge on any atom is -0.497 e. The summed E-state index contributed by atoms with van der Waals surface area (Å²) in [6, 6.07) is 21.1. The van der Waals surface area contributed by atoms with Gasteiger partial charge in [-0.05, 0) is 55.0 Å². The maximum atomic E-state index is 14.5. The van der Waals surface area contributed by atoms with Crippen molar-refractivity contribution in [1.82, 2.24) is 0 Å². The quantitative estimate of drug-likeness (QED) is 0.594. The van der Waals surface area contributed by atoms with Crippen LogP contribution in [-0.2, 0) is 4.79 Å². The summed E-state index contributed by atoms with van der Waals surface area (Å²) in [5, 5.41) is 0. The zero-order valence-corrected chi connectivity index (χ0v) is 16.1. The highest BCUT2D eigenvalue weighted by Gasteiger charge is 2.33. The second-order valence-electron chi connectivity index (χ2n) is 6.70. The first-order chi connectivity index (χ1) is 14.1. The molecule has 1 amide bonds. The number of rotatable bonds is 4. The fraction of sp³-hybridized carbons (Fsp3) is 0.0833. The summed E-state index contributed by atoms with van der Waals surface area (Å²) >= 11 is 0. The van der Waals surface area contributed by atoms with Crippen molar-refractivity contribution in [1.29, 1.82) is 0 Å². The molecule has 1 aliphatic rings. The first-order valence-electron chi connectivity index (χ1n) is 9.17. The molecule has 1 heterocycles. The minimum atomic E-state index is -0.432. The number of aryl methyl sites for hydroxylation is 1. The van der Waals surface area contributed by atoms with Crippen LogP contribution in [-0.4, -0.2) is 18.9 Å². The van der Waals surface area contributed by atoms with E-state index in [0.29, 0.717) is 11.4 Å². The SMILES string of the molecule is COc1cccc(/C=C2/N=C(c3ccccc3F)N(c3ccc(C)cc3)C2=O)c1. The van der Waals surface area contributed by atoms with Crippen LogP contribution >= 0.6 is 0 Å². The van der Waals surface area contributed by atoms with Gasteiger partial charge in [0.25, 0.3) is 5.91 Å². The molecule has 0 saturated carbocycles. The van der Waals surface area contributed by atoms with Crippen molar-refractivity contribution in [3.8, 4) is 5.75 Å². The number of carbonyl (C=O) groups excluding carboxylic acids is 1. The molecule has 3 aromatic carbocycles. The molecule has 0 aromatic heterocycles. The summed E-state index contributed by atoms with van der Waals surface area (Å²) in [5.74, 6) is 0.207. The summed E-state index contributed by atoms with van der Waals surface area (Å²) in [6.45, 7) is 1.97. The Balaban J connectivity index is 1.84. The van der Waals surface area contributed by atoms with E-state index in [1.54, 1.807) is 31.4 Å². The van der Waals surface area contributed by atoms with Crippen molar-refractivity contribution < 1.29 is 13.9 Å². The highest BCUT2D eigenvalue weighted by atomic mass is 19.1. The molecule has 5 heteroatoms. The number of ether oxygens (including phenoxy) is 1. The molecule has 0 bridgehead atoms. The predicted molar refractivity (Wildman–Crippen MR) is 113 cm³/mol. The molecule has 0 saturated heterocycles.